The third kappa shape index (κ3) is 4.62. The average molecular weight is 353 g/mol. The number of thiol groups is 1. The van der Waals surface area contributed by atoms with E-state index in [1.165, 1.54) is 6.92 Å². The van der Waals surface area contributed by atoms with Crippen LogP contribution >= 0.6 is 12.6 Å². The molecule has 2 rings (SSSR count). The van der Waals surface area contributed by atoms with Crippen molar-refractivity contribution in [3.8, 4) is 5.75 Å². The maximum atomic E-state index is 12.4. The zero-order valence-corrected chi connectivity index (χ0v) is 14.3. The lowest BCUT2D eigenvalue weighted by molar-refractivity contribution is -0.132. The van der Waals surface area contributed by atoms with Gasteiger partial charge in [-0.1, -0.05) is 6.07 Å². The van der Waals surface area contributed by atoms with Gasteiger partial charge >= 0.3 is 0 Å². The molecule has 1 aromatic rings. The first-order valence-electron chi connectivity index (χ1n) is 7.83. The highest BCUT2D eigenvalue weighted by atomic mass is 32.1. The number of carbonyl (C=O) groups is 2. The topological polar surface area (TPSA) is 111 Å². The molecule has 7 nitrogen and oxygen atoms in total. The number of aromatic hydroxyl groups is 1. The first-order valence-corrected chi connectivity index (χ1v) is 8.46. The van der Waals surface area contributed by atoms with Gasteiger partial charge in [-0.25, -0.2) is 0 Å². The van der Waals surface area contributed by atoms with E-state index in [1.807, 2.05) is 0 Å². The van der Waals surface area contributed by atoms with Gasteiger partial charge in [-0.05, 0) is 36.6 Å². The van der Waals surface area contributed by atoms with Gasteiger partial charge in [-0.15, -0.1) is 0 Å². The number of benzene rings is 1. The Bertz CT molecular complexity index is 609. The van der Waals surface area contributed by atoms with E-state index in [9.17, 15) is 19.8 Å². The van der Waals surface area contributed by atoms with Crippen LogP contribution in [0.2, 0.25) is 0 Å². The molecular weight excluding hydrogens is 330 g/mol. The Labute approximate surface area is 146 Å². The third-order valence-corrected chi connectivity index (χ3v) is 4.17. The van der Waals surface area contributed by atoms with Gasteiger partial charge in [0.1, 0.15) is 11.8 Å². The molecule has 0 bridgehead atoms. The lowest BCUT2D eigenvalue weighted by atomic mass is 9.95. The number of fused-ring (bicyclic) bond motifs is 1. The molecule has 0 radical (unpaired) electrons. The van der Waals surface area contributed by atoms with E-state index in [0.29, 0.717) is 25.3 Å². The zero-order chi connectivity index (χ0) is 17.7. The van der Waals surface area contributed by atoms with Gasteiger partial charge in [-0.2, -0.15) is 12.6 Å². The predicted molar refractivity (Wildman–Crippen MR) is 92.9 cm³/mol. The van der Waals surface area contributed by atoms with Crippen LogP contribution in [0, 0.1) is 0 Å². The SMILES string of the molecule is CC(O)C(NC(=O)C1Cc2ccc(O)cc2CN1)C(=O)NCCS. The van der Waals surface area contributed by atoms with Crippen molar-refractivity contribution >= 4 is 24.4 Å². The molecule has 132 valence electrons. The largest absolute Gasteiger partial charge is 0.508 e. The second kappa shape index (κ2) is 8.36. The molecule has 1 heterocycles. The average Bonchev–Trinajstić information content (AvgIpc) is 2.56. The molecule has 0 fully saturated rings. The first-order chi connectivity index (χ1) is 11.4. The minimum Gasteiger partial charge on any atom is -0.508 e. The van der Waals surface area contributed by atoms with Gasteiger partial charge < -0.3 is 26.2 Å². The summed E-state index contributed by atoms with van der Waals surface area (Å²) in [5.74, 6) is -0.123. The van der Waals surface area contributed by atoms with Crippen LogP contribution in [-0.2, 0) is 22.6 Å². The van der Waals surface area contributed by atoms with Crippen LogP contribution < -0.4 is 16.0 Å². The van der Waals surface area contributed by atoms with Crippen molar-refractivity contribution in [2.45, 2.75) is 38.1 Å². The summed E-state index contributed by atoms with van der Waals surface area (Å²) >= 11 is 4.01. The summed E-state index contributed by atoms with van der Waals surface area (Å²) in [4.78, 5) is 24.5. The number of amides is 2. The number of rotatable bonds is 6. The highest BCUT2D eigenvalue weighted by Gasteiger charge is 2.30. The summed E-state index contributed by atoms with van der Waals surface area (Å²) in [7, 11) is 0. The zero-order valence-electron chi connectivity index (χ0n) is 13.5. The van der Waals surface area contributed by atoms with Gasteiger partial charge in [0.2, 0.25) is 11.8 Å². The Balaban J connectivity index is 2.00. The van der Waals surface area contributed by atoms with Crippen LogP contribution in [0.25, 0.3) is 0 Å². The van der Waals surface area contributed by atoms with Gasteiger partial charge in [0.25, 0.3) is 0 Å². The van der Waals surface area contributed by atoms with Crippen LogP contribution in [0.15, 0.2) is 18.2 Å². The van der Waals surface area contributed by atoms with Gasteiger partial charge in [0.05, 0.1) is 12.1 Å². The second-order valence-corrected chi connectivity index (χ2v) is 6.28. The van der Waals surface area contributed by atoms with Crippen LogP contribution in [-0.4, -0.2) is 52.5 Å². The highest BCUT2D eigenvalue weighted by molar-refractivity contribution is 7.80. The molecule has 0 saturated carbocycles. The van der Waals surface area contributed by atoms with E-state index in [0.717, 1.165) is 11.1 Å². The molecular formula is C16H23N3O4S. The van der Waals surface area contributed by atoms with Crippen LogP contribution in [0.3, 0.4) is 0 Å². The summed E-state index contributed by atoms with van der Waals surface area (Å²) in [6.07, 6.45) is -0.562. The summed E-state index contributed by atoms with van der Waals surface area (Å²) < 4.78 is 0. The number of aliphatic hydroxyl groups excluding tert-OH is 1. The van der Waals surface area contributed by atoms with Gasteiger partial charge in [0.15, 0.2) is 0 Å². The van der Waals surface area contributed by atoms with Crippen molar-refractivity contribution in [3.05, 3.63) is 29.3 Å². The molecule has 2 amide bonds. The van der Waals surface area contributed by atoms with Crippen molar-refractivity contribution < 1.29 is 19.8 Å². The number of carbonyl (C=O) groups excluding carboxylic acids is 2. The van der Waals surface area contributed by atoms with Crippen LogP contribution in [0.1, 0.15) is 18.1 Å². The highest BCUT2D eigenvalue weighted by Crippen LogP contribution is 2.21. The summed E-state index contributed by atoms with van der Waals surface area (Å²) in [6, 6.07) is 3.53. The molecule has 0 aliphatic carbocycles. The molecule has 0 aromatic heterocycles. The fourth-order valence-corrected chi connectivity index (χ4v) is 2.75. The number of hydrogen-bond donors (Lipinski definition) is 6. The number of phenols is 1. The molecule has 1 aromatic carbocycles. The molecule has 8 heteroatoms. The van der Waals surface area contributed by atoms with E-state index in [1.54, 1.807) is 18.2 Å². The van der Waals surface area contributed by atoms with Crippen molar-refractivity contribution in [1.29, 1.82) is 0 Å². The number of nitrogens with one attached hydrogen (secondary N) is 3. The number of aliphatic hydroxyl groups is 1. The second-order valence-electron chi connectivity index (χ2n) is 5.83. The molecule has 0 spiro atoms. The monoisotopic (exact) mass is 353 g/mol. The van der Waals surface area contributed by atoms with Crippen LogP contribution in [0.4, 0.5) is 0 Å². The quantitative estimate of drug-likeness (QED) is 0.380. The third-order valence-electron chi connectivity index (χ3n) is 3.94. The normalized spacial score (nSPS) is 19.0. The summed E-state index contributed by atoms with van der Waals surface area (Å²) in [5, 5.41) is 27.6. The van der Waals surface area contributed by atoms with Crippen molar-refractivity contribution in [2.75, 3.05) is 12.3 Å². The fourth-order valence-electron chi connectivity index (χ4n) is 2.63. The number of hydrogen-bond acceptors (Lipinski definition) is 6. The molecule has 1 aliphatic heterocycles. The molecule has 5 N–H and O–H groups in total. The fraction of sp³-hybridized carbons (Fsp3) is 0.500. The summed E-state index contributed by atoms with van der Waals surface area (Å²) in [5.41, 5.74) is 1.91. The van der Waals surface area contributed by atoms with Gasteiger partial charge in [-0.3, -0.25) is 9.59 Å². The minimum absolute atomic E-state index is 0.188. The predicted octanol–water partition coefficient (Wildman–Crippen LogP) is -0.682. The lowest BCUT2D eigenvalue weighted by Gasteiger charge is -2.28. The standard InChI is InChI=1S/C16H23N3O4S/c1-9(20)14(16(23)17-4-5-24)19-15(22)13-7-10-2-3-12(21)6-11(10)8-18-13/h2-3,6,9,13-14,18,20-21,24H,4-5,7-8H2,1H3,(H,17,23)(H,19,22). The van der Waals surface area contributed by atoms with E-state index in [-0.39, 0.29) is 11.7 Å². The maximum absolute atomic E-state index is 12.4. The van der Waals surface area contributed by atoms with Crippen LogP contribution in [0.5, 0.6) is 5.75 Å². The first kappa shape index (κ1) is 18.6. The Morgan fingerprint density at radius 1 is 1.42 bits per heavy atom. The minimum atomic E-state index is -1.01. The molecule has 0 saturated heterocycles. The molecule has 1 aliphatic rings. The Morgan fingerprint density at radius 2 is 2.17 bits per heavy atom. The lowest BCUT2D eigenvalue weighted by Crippen LogP contribution is -2.57. The van der Waals surface area contributed by atoms with Gasteiger partial charge in [0, 0.05) is 18.8 Å². The number of phenolic OH excluding ortho intramolecular Hbond substituents is 1. The molecule has 3 unspecified atom stereocenters. The van der Waals surface area contributed by atoms with Crippen molar-refractivity contribution in [1.82, 2.24) is 16.0 Å². The van der Waals surface area contributed by atoms with Crippen molar-refractivity contribution in [2.24, 2.45) is 0 Å². The van der Waals surface area contributed by atoms with E-state index in [4.69, 9.17) is 0 Å². The van der Waals surface area contributed by atoms with E-state index < -0.39 is 24.1 Å². The molecule has 3 atom stereocenters. The summed E-state index contributed by atoms with van der Waals surface area (Å²) in [6.45, 7) is 2.27. The Hall–Kier alpha value is -1.77. The maximum Gasteiger partial charge on any atom is 0.245 e. The molecule has 24 heavy (non-hydrogen) atoms. The van der Waals surface area contributed by atoms with E-state index >= 15 is 0 Å². The Morgan fingerprint density at radius 3 is 2.83 bits per heavy atom. The Kier molecular flexibility index (Phi) is 6.47. The van der Waals surface area contributed by atoms with E-state index in [2.05, 4.69) is 28.6 Å². The van der Waals surface area contributed by atoms with Crippen molar-refractivity contribution in [3.63, 3.8) is 0 Å². The smallest absolute Gasteiger partial charge is 0.245 e.